The van der Waals surface area contributed by atoms with Crippen LogP contribution in [0.3, 0.4) is 0 Å². The summed E-state index contributed by atoms with van der Waals surface area (Å²) in [5.74, 6) is 0.885. The lowest BCUT2D eigenvalue weighted by atomic mass is 10.1. The predicted molar refractivity (Wildman–Crippen MR) is 86.9 cm³/mol. The number of aryl methyl sites for hydroxylation is 2. The number of rotatable bonds is 5. The summed E-state index contributed by atoms with van der Waals surface area (Å²) in [6.45, 7) is 9.69. The van der Waals surface area contributed by atoms with E-state index in [-0.39, 0.29) is 12.4 Å². The number of hydrogen-bond donors (Lipinski definition) is 1. The first kappa shape index (κ1) is 15.8. The maximum Gasteiger partial charge on any atom is 0.331 e. The Balaban J connectivity index is 2.63. The minimum Gasteiger partial charge on any atom is -0.440 e. The second-order valence-electron chi connectivity index (χ2n) is 5.22. The van der Waals surface area contributed by atoms with Gasteiger partial charge in [-0.05, 0) is 43.5 Å². The number of H-pyrrole nitrogens is 1. The number of nitrogens with zero attached hydrogens (tertiary/aromatic N) is 1. The third-order valence-electron chi connectivity index (χ3n) is 3.32. The van der Waals surface area contributed by atoms with E-state index in [0.717, 1.165) is 11.1 Å². The molecule has 0 radical (unpaired) electrons. The molecule has 0 atom stereocenters. The average molecular weight is 300 g/mol. The molecule has 0 aliphatic heterocycles. The van der Waals surface area contributed by atoms with Gasteiger partial charge in [-0.3, -0.25) is 14.3 Å². The molecular weight excluding hydrogens is 280 g/mol. The van der Waals surface area contributed by atoms with Gasteiger partial charge in [0.1, 0.15) is 5.75 Å². The molecule has 1 N–H and O–H groups in total. The Morgan fingerprint density at radius 3 is 2.41 bits per heavy atom. The quantitative estimate of drug-likeness (QED) is 0.863. The first-order valence-corrected chi connectivity index (χ1v) is 7.19. The molecule has 2 rings (SSSR count). The van der Waals surface area contributed by atoms with Crippen LogP contribution in [0.5, 0.6) is 11.6 Å². The molecule has 1 aromatic heterocycles. The molecule has 0 saturated carbocycles. The summed E-state index contributed by atoms with van der Waals surface area (Å²) in [6.07, 6.45) is 2.06. The standard InChI is InChI=1S/C17H20N2O3/c1-5-7-19-16(14(6-2)15(20)18-17(19)21)22-13-9-11(3)8-12(4)10-13/h5,8-10H,1,6-7H2,2-4H3,(H,18,20,21). The molecule has 0 bridgehead atoms. The van der Waals surface area contributed by atoms with Crippen molar-refractivity contribution < 1.29 is 4.74 Å². The maximum atomic E-state index is 12.0. The van der Waals surface area contributed by atoms with Gasteiger partial charge in [-0.25, -0.2) is 4.79 Å². The van der Waals surface area contributed by atoms with E-state index in [1.54, 1.807) is 6.08 Å². The lowest BCUT2D eigenvalue weighted by Gasteiger charge is -2.15. The smallest absolute Gasteiger partial charge is 0.331 e. The average Bonchev–Trinajstić information content (AvgIpc) is 2.42. The minimum absolute atomic E-state index is 0.267. The molecule has 5 heteroatoms. The van der Waals surface area contributed by atoms with Crippen LogP contribution < -0.4 is 16.0 Å². The highest BCUT2D eigenvalue weighted by atomic mass is 16.5. The molecule has 22 heavy (non-hydrogen) atoms. The van der Waals surface area contributed by atoms with Gasteiger partial charge in [0.2, 0.25) is 5.88 Å². The summed E-state index contributed by atoms with van der Waals surface area (Å²) in [6, 6.07) is 5.77. The Kier molecular flexibility index (Phi) is 4.65. The number of hydrogen-bond acceptors (Lipinski definition) is 3. The van der Waals surface area contributed by atoms with Crippen LogP contribution in [0, 0.1) is 13.8 Å². The molecule has 5 nitrogen and oxygen atoms in total. The highest BCUT2D eigenvalue weighted by Gasteiger charge is 2.15. The molecular formula is C17H20N2O3. The third kappa shape index (κ3) is 3.19. The molecule has 0 aliphatic rings. The van der Waals surface area contributed by atoms with Crippen LogP contribution in [0.1, 0.15) is 23.6 Å². The fourth-order valence-electron chi connectivity index (χ4n) is 2.42. The zero-order valence-electron chi connectivity index (χ0n) is 13.1. The van der Waals surface area contributed by atoms with E-state index < -0.39 is 11.2 Å². The number of nitrogens with one attached hydrogen (secondary N) is 1. The van der Waals surface area contributed by atoms with Crippen LogP contribution in [-0.2, 0) is 13.0 Å². The van der Waals surface area contributed by atoms with E-state index >= 15 is 0 Å². The highest BCUT2D eigenvalue weighted by Crippen LogP contribution is 2.25. The molecule has 1 aromatic carbocycles. The number of aromatic nitrogens is 2. The van der Waals surface area contributed by atoms with Crippen molar-refractivity contribution in [1.82, 2.24) is 9.55 Å². The molecule has 0 saturated heterocycles. The molecule has 0 aliphatic carbocycles. The van der Waals surface area contributed by atoms with Gasteiger partial charge in [0, 0.05) is 6.54 Å². The van der Waals surface area contributed by atoms with Crippen LogP contribution in [0.25, 0.3) is 0 Å². The van der Waals surface area contributed by atoms with Gasteiger partial charge in [-0.2, -0.15) is 0 Å². The predicted octanol–water partition coefficient (Wildman–Crippen LogP) is 2.69. The first-order chi connectivity index (χ1) is 10.5. The first-order valence-electron chi connectivity index (χ1n) is 7.19. The van der Waals surface area contributed by atoms with Gasteiger partial charge < -0.3 is 4.74 Å². The van der Waals surface area contributed by atoms with E-state index in [1.807, 2.05) is 39.0 Å². The SMILES string of the molecule is C=CCn1c(Oc2cc(C)cc(C)c2)c(CC)c(=O)[nH]c1=O. The van der Waals surface area contributed by atoms with E-state index in [9.17, 15) is 9.59 Å². The highest BCUT2D eigenvalue weighted by molar-refractivity contribution is 5.37. The summed E-state index contributed by atoms with van der Waals surface area (Å²) in [4.78, 5) is 26.3. The van der Waals surface area contributed by atoms with Crippen molar-refractivity contribution in [2.45, 2.75) is 33.7 Å². The van der Waals surface area contributed by atoms with Crippen molar-refractivity contribution in [3.63, 3.8) is 0 Å². The topological polar surface area (TPSA) is 64.1 Å². The van der Waals surface area contributed by atoms with Crippen molar-refractivity contribution >= 4 is 0 Å². The molecule has 0 unspecified atom stereocenters. The lowest BCUT2D eigenvalue weighted by Crippen LogP contribution is -2.33. The van der Waals surface area contributed by atoms with Crippen LogP contribution >= 0.6 is 0 Å². The third-order valence-corrected chi connectivity index (χ3v) is 3.32. The summed E-state index contributed by atoms with van der Waals surface area (Å²) in [5, 5.41) is 0. The molecule has 0 spiro atoms. The molecule has 1 heterocycles. The van der Waals surface area contributed by atoms with Gasteiger partial charge in [-0.15, -0.1) is 6.58 Å². The van der Waals surface area contributed by atoms with Crippen molar-refractivity contribution in [1.29, 1.82) is 0 Å². The van der Waals surface area contributed by atoms with Crippen molar-refractivity contribution in [2.24, 2.45) is 0 Å². The Labute approximate surface area is 128 Å². The largest absolute Gasteiger partial charge is 0.440 e. The van der Waals surface area contributed by atoms with Crippen LogP contribution in [0.4, 0.5) is 0 Å². The number of allylic oxidation sites excluding steroid dienone is 1. The Bertz CT molecular complexity index is 795. The summed E-state index contributed by atoms with van der Waals surface area (Å²) in [5.41, 5.74) is 1.64. The Morgan fingerprint density at radius 2 is 1.86 bits per heavy atom. The van der Waals surface area contributed by atoms with Crippen molar-refractivity contribution in [2.75, 3.05) is 0 Å². The molecule has 116 valence electrons. The Morgan fingerprint density at radius 1 is 1.23 bits per heavy atom. The fourth-order valence-corrected chi connectivity index (χ4v) is 2.42. The minimum atomic E-state index is -0.499. The molecule has 0 amide bonds. The second kappa shape index (κ2) is 6.47. The second-order valence-corrected chi connectivity index (χ2v) is 5.22. The van der Waals surface area contributed by atoms with Gasteiger partial charge in [0.15, 0.2) is 0 Å². The van der Waals surface area contributed by atoms with E-state index in [4.69, 9.17) is 4.74 Å². The van der Waals surface area contributed by atoms with Gasteiger partial charge in [-0.1, -0.05) is 19.1 Å². The van der Waals surface area contributed by atoms with Crippen LogP contribution in [0.15, 0.2) is 40.4 Å². The monoisotopic (exact) mass is 300 g/mol. The number of ether oxygens (including phenoxy) is 1. The molecule has 2 aromatic rings. The maximum absolute atomic E-state index is 12.0. The van der Waals surface area contributed by atoms with Crippen molar-refractivity contribution in [3.8, 4) is 11.6 Å². The van der Waals surface area contributed by atoms with Gasteiger partial charge in [0.05, 0.1) is 5.56 Å². The summed E-state index contributed by atoms with van der Waals surface area (Å²) >= 11 is 0. The zero-order valence-corrected chi connectivity index (χ0v) is 13.1. The number of aromatic amines is 1. The van der Waals surface area contributed by atoms with Gasteiger partial charge in [0.25, 0.3) is 5.56 Å². The van der Waals surface area contributed by atoms with E-state index in [1.165, 1.54) is 4.57 Å². The number of benzene rings is 1. The van der Waals surface area contributed by atoms with Crippen LogP contribution in [0.2, 0.25) is 0 Å². The summed E-state index contributed by atoms with van der Waals surface area (Å²) in [7, 11) is 0. The van der Waals surface area contributed by atoms with E-state index in [0.29, 0.717) is 17.7 Å². The van der Waals surface area contributed by atoms with Gasteiger partial charge >= 0.3 is 5.69 Å². The Hall–Kier alpha value is -2.56. The van der Waals surface area contributed by atoms with E-state index in [2.05, 4.69) is 11.6 Å². The van der Waals surface area contributed by atoms with Crippen LogP contribution in [-0.4, -0.2) is 9.55 Å². The lowest BCUT2D eigenvalue weighted by molar-refractivity contribution is 0.415. The zero-order chi connectivity index (χ0) is 16.3. The summed E-state index contributed by atoms with van der Waals surface area (Å²) < 4.78 is 7.28. The molecule has 0 fully saturated rings. The normalized spacial score (nSPS) is 10.5. The fraction of sp³-hybridized carbons (Fsp3) is 0.294. The van der Waals surface area contributed by atoms with Crippen molar-refractivity contribution in [3.05, 3.63) is 68.4 Å².